The lowest BCUT2D eigenvalue weighted by atomic mass is 9.93. The number of nitrogens with zero attached hydrogens (tertiary/aromatic N) is 1. The van der Waals surface area contributed by atoms with E-state index in [1.807, 2.05) is 4.90 Å². The number of primary sulfonamides is 1. The van der Waals surface area contributed by atoms with E-state index in [2.05, 4.69) is 13.8 Å². The molecule has 1 saturated heterocycles. The first-order valence-electron chi connectivity index (χ1n) is 6.68. The molecule has 0 spiro atoms. The fraction of sp³-hybridized carbons (Fsp3) is 0.615. The average molecular weight is 316 g/mol. The number of piperidine rings is 1. The molecule has 112 valence electrons. The van der Waals surface area contributed by atoms with Crippen molar-refractivity contribution < 1.29 is 13.2 Å². The SMILES string of the molecule is CC1CCN(C(=O)Cc2ccc(S(N)(=O)=O)s2)C(C)C1. The maximum absolute atomic E-state index is 12.3. The highest BCUT2D eigenvalue weighted by Crippen LogP contribution is 2.25. The Labute approximate surface area is 123 Å². The molecule has 1 aliphatic rings. The van der Waals surface area contributed by atoms with Gasteiger partial charge in [-0.25, -0.2) is 13.6 Å². The zero-order valence-corrected chi connectivity index (χ0v) is 13.3. The standard InChI is InChI=1S/C13H20N2O3S2/c1-9-5-6-15(10(2)7-9)12(16)8-11-3-4-13(19-11)20(14,17)18/h3-4,9-10H,5-8H2,1-2H3,(H2,14,17,18). The van der Waals surface area contributed by atoms with E-state index >= 15 is 0 Å². The van der Waals surface area contributed by atoms with E-state index in [0.717, 1.165) is 35.6 Å². The molecule has 0 radical (unpaired) electrons. The Morgan fingerprint density at radius 2 is 2.15 bits per heavy atom. The summed E-state index contributed by atoms with van der Waals surface area (Å²) in [5, 5.41) is 5.07. The lowest BCUT2D eigenvalue weighted by Gasteiger charge is -2.36. The number of hydrogen-bond donors (Lipinski definition) is 1. The van der Waals surface area contributed by atoms with Gasteiger partial charge in [0.05, 0.1) is 6.42 Å². The van der Waals surface area contributed by atoms with Crippen LogP contribution < -0.4 is 5.14 Å². The number of hydrogen-bond acceptors (Lipinski definition) is 4. The molecule has 2 rings (SSSR count). The zero-order chi connectivity index (χ0) is 14.9. The lowest BCUT2D eigenvalue weighted by molar-refractivity contribution is -0.134. The number of likely N-dealkylation sites (tertiary alicyclic amines) is 1. The Morgan fingerprint density at radius 1 is 1.45 bits per heavy atom. The maximum Gasteiger partial charge on any atom is 0.247 e. The van der Waals surface area contributed by atoms with Gasteiger partial charge in [0.2, 0.25) is 15.9 Å². The fourth-order valence-corrected chi connectivity index (χ4v) is 4.40. The summed E-state index contributed by atoms with van der Waals surface area (Å²) >= 11 is 1.07. The minimum Gasteiger partial charge on any atom is -0.340 e. The number of nitrogens with two attached hydrogens (primary N) is 1. The van der Waals surface area contributed by atoms with Crippen LogP contribution in [0, 0.1) is 5.92 Å². The number of carbonyl (C=O) groups is 1. The van der Waals surface area contributed by atoms with Crippen LogP contribution in [-0.4, -0.2) is 31.8 Å². The molecule has 2 unspecified atom stereocenters. The van der Waals surface area contributed by atoms with Crippen molar-refractivity contribution in [1.29, 1.82) is 0 Å². The van der Waals surface area contributed by atoms with Crippen LogP contribution in [0.25, 0.3) is 0 Å². The van der Waals surface area contributed by atoms with E-state index in [1.54, 1.807) is 6.07 Å². The molecular weight excluding hydrogens is 296 g/mol. The van der Waals surface area contributed by atoms with Crippen molar-refractivity contribution >= 4 is 27.3 Å². The number of rotatable bonds is 3. The van der Waals surface area contributed by atoms with Gasteiger partial charge in [0.15, 0.2) is 0 Å². The van der Waals surface area contributed by atoms with Crippen LogP contribution in [0.15, 0.2) is 16.3 Å². The summed E-state index contributed by atoms with van der Waals surface area (Å²) in [7, 11) is -3.67. The normalized spacial score (nSPS) is 23.9. The van der Waals surface area contributed by atoms with Crippen molar-refractivity contribution in [2.45, 2.75) is 43.4 Å². The van der Waals surface area contributed by atoms with Crippen LogP contribution in [0.1, 0.15) is 31.6 Å². The van der Waals surface area contributed by atoms with Gasteiger partial charge in [0, 0.05) is 17.5 Å². The predicted molar refractivity (Wildman–Crippen MR) is 79.0 cm³/mol. The Kier molecular flexibility index (Phi) is 4.51. The molecular formula is C13H20N2O3S2. The Bertz CT molecular complexity index is 595. The first kappa shape index (κ1) is 15.5. The van der Waals surface area contributed by atoms with Gasteiger partial charge in [-0.05, 0) is 37.8 Å². The van der Waals surface area contributed by atoms with Gasteiger partial charge in [0.25, 0.3) is 0 Å². The average Bonchev–Trinajstić information content (AvgIpc) is 2.76. The highest BCUT2D eigenvalue weighted by atomic mass is 32.2. The molecule has 1 aromatic heterocycles. The summed E-state index contributed by atoms with van der Waals surface area (Å²) in [4.78, 5) is 14.9. The van der Waals surface area contributed by atoms with E-state index in [1.165, 1.54) is 6.07 Å². The van der Waals surface area contributed by atoms with Crippen molar-refractivity contribution in [2.75, 3.05) is 6.54 Å². The molecule has 0 aromatic carbocycles. The molecule has 2 heterocycles. The number of amides is 1. The van der Waals surface area contributed by atoms with Crippen LogP contribution in [0.4, 0.5) is 0 Å². The van der Waals surface area contributed by atoms with Gasteiger partial charge < -0.3 is 4.90 Å². The fourth-order valence-electron chi connectivity index (χ4n) is 2.63. The lowest BCUT2D eigenvalue weighted by Crippen LogP contribution is -2.44. The summed E-state index contributed by atoms with van der Waals surface area (Å²) in [6.07, 6.45) is 2.31. The van der Waals surface area contributed by atoms with Crippen LogP contribution in [0.5, 0.6) is 0 Å². The molecule has 1 fully saturated rings. The molecule has 1 amide bonds. The van der Waals surface area contributed by atoms with E-state index in [0.29, 0.717) is 5.92 Å². The van der Waals surface area contributed by atoms with Crippen molar-refractivity contribution in [2.24, 2.45) is 11.1 Å². The molecule has 7 heteroatoms. The van der Waals surface area contributed by atoms with E-state index in [4.69, 9.17) is 5.14 Å². The van der Waals surface area contributed by atoms with Crippen molar-refractivity contribution in [3.05, 3.63) is 17.0 Å². The molecule has 1 aliphatic heterocycles. The van der Waals surface area contributed by atoms with Crippen molar-refractivity contribution in [3.8, 4) is 0 Å². The minimum absolute atomic E-state index is 0.0622. The molecule has 0 saturated carbocycles. The summed E-state index contributed by atoms with van der Waals surface area (Å²) in [6, 6.07) is 3.38. The second-order valence-corrected chi connectivity index (χ2v) is 8.46. The quantitative estimate of drug-likeness (QED) is 0.919. The first-order valence-corrected chi connectivity index (χ1v) is 9.04. The number of sulfonamides is 1. The van der Waals surface area contributed by atoms with Crippen molar-refractivity contribution in [1.82, 2.24) is 4.90 Å². The number of thiophene rings is 1. The van der Waals surface area contributed by atoms with Crippen LogP contribution in [0.3, 0.4) is 0 Å². The molecule has 1 aromatic rings. The second kappa shape index (κ2) is 5.83. The third kappa shape index (κ3) is 3.59. The van der Waals surface area contributed by atoms with Gasteiger partial charge in [0.1, 0.15) is 4.21 Å². The summed E-state index contributed by atoms with van der Waals surface area (Å²) in [6.45, 7) is 5.06. The highest BCUT2D eigenvalue weighted by molar-refractivity contribution is 7.91. The molecule has 2 atom stereocenters. The van der Waals surface area contributed by atoms with E-state index in [9.17, 15) is 13.2 Å². The van der Waals surface area contributed by atoms with Gasteiger partial charge in [-0.3, -0.25) is 4.79 Å². The Balaban J connectivity index is 2.03. The molecule has 2 N–H and O–H groups in total. The van der Waals surface area contributed by atoms with Gasteiger partial charge in [-0.15, -0.1) is 11.3 Å². The first-order chi connectivity index (χ1) is 9.27. The second-order valence-electron chi connectivity index (χ2n) is 5.51. The smallest absolute Gasteiger partial charge is 0.247 e. The summed E-state index contributed by atoms with van der Waals surface area (Å²) < 4.78 is 22.5. The maximum atomic E-state index is 12.3. The van der Waals surface area contributed by atoms with Gasteiger partial charge in [-0.2, -0.15) is 0 Å². The summed E-state index contributed by atoms with van der Waals surface area (Å²) in [5.41, 5.74) is 0. The van der Waals surface area contributed by atoms with E-state index in [-0.39, 0.29) is 22.6 Å². The van der Waals surface area contributed by atoms with E-state index < -0.39 is 10.0 Å². The largest absolute Gasteiger partial charge is 0.340 e. The number of carbonyl (C=O) groups excluding carboxylic acids is 1. The monoisotopic (exact) mass is 316 g/mol. The zero-order valence-electron chi connectivity index (χ0n) is 11.7. The van der Waals surface area contributed by atoms with Crippen LogP contribution in [0.2, 0.25) is 0 Å². The third-order valence-electron chi connectivity index (χ3n) is 3.70. The molecule has 20 heavy (non-hydrogen) atoms. The predicted octanol–water partition coefficient (Wildman–Crippen LogP) is 1.58. The molecule has 0 aliphatic carbocycles. The van der Waals surface area contributed by atoms with Crippen molar-refractivity contribution in [3.63, 3.8) is 0 Å². The van der Waals surface area contributed by atoms with Gasteiger partial charge >= 0.3 is 0 Å². The van der Waals surface area contributed by atoms with Crippen LogP contribution >= 0.6 is 11.3 Å². The highest BCUT2D eigenvalue weighted by Gasteiger charge is 2.27. The Morgan fingerprint density at radius 3 is 2.70 bits per heavy atom. The topological polar surface area (TPSA) is 80.5 Å². The summed E-state index contributed by atoms with van der Waals surface area (Å²) in [5.74, 6) is 0.719. The molecule has 5 nitrogen and oxygen atoms in total. The van der Waals surface area contributed by atoms with Gasteiger partial charge in [-0.1, -0.05) is 6.92 Å². The third-order valence-corrected chi connectivity index (χ3v) is 6.23. The van der Waals surface area contributed by atoms with Crippen LogP contribution in [-0.2, 0) is 21.2 Å². The Hall–Kier alpha value is -0.920. The molecule has 0 bridgehead atoms. The minimum atomic E-state index is -3.67.